The molecule has 1 aliphatic heterocycles. The molecule has 1 aliphatic rings. The Morgan fingerprint density at radius 3 is 2.30 bits per heavy atom. The molecule has 0 bridgehead atoms. The topological polar surface area (TPSA) is 49.6 Å². The van der Waals surface area contributed by atoms with Gasteiger partial charge < -0.3 is 10.6 Å². The minimum absolute atomic E-state index is 0.165. The summed E-state index contributed by atoms with van der Waals surface area (Å²) in [6.45, 7) is 9.12. The van der Waals surface area contributed by atoms with Crippen molar-refractivity contribution in [3.8, 4) is 0 Å². The minimum Gasteiger partial charge on any atom is -0.343 e. The molecule has 118 valence electrons. The van der Waals surface area contributed by atoms with Crippen LogP contribution in [0.25, 0.3) is 0 Å². The van der Waals surface area contributed by atoms with E-state index in [2.05, 4.69) is 32.7 Å². The number of nitrogens with two attached hydrogens (primary N) is 1. The standard InChI is InChI=1S/C16H33N3O/c1-13(2)10-14(3)18(4)15(12-17)11-16(20)19-8-6-5-7-9-19/h13-15H,5-12,17H2,1-4H3. The van der Waals surface area contributed by atoms with Crippen molar-refractivity contribution in [2.75, 3.05) is 26.7 Å². The van der Waals surface area contributed by atoms with E-state index >= 15 is 0 Å². The van der Waals surface area contributed by atoms with E-state index in [0.29, 0.717) is 24.9 Å². The summed E-state index contributed by atoms with van der Waals surface area (Å²) < 4.78 is 0. The summed E-state index contributed by atoms with van der Waals surface area (Å²) in [6.07, 6.45) is 5.27. The van der Waals surface area contributed by atoms with Crippen molar-refractivity contribution >= 4 is 5.91 Å². The molecule has 2 atom stereocenters. The maximum Gasteiger partial charge on any atom is 0.224 e. The third kappa shape index (κ3) is 5.41. The van der Waals surface area contributed by atoms with Gasteiger partial charge in [-0.15, -0.1) is 0 Å². The maximum atomic E-state index is 12.4. The van der Waals surface area contributed by atoms with Crippen molar-refractivity contribution in [2.45, 2.75) is 65.0 Å². The first-order valence-corrected chi connectivity index (χ1v) is 8.15. The molecule has 0 saturated carbocycles. The van der Waals surface area contributed by atoms with Crippen LogP contribution in [-0.4, -0.2) is 54.5 Å². The summed E-state index contributed by atoms with van der Waals surface area (Å²) in [6, 6.07) is 0.635. The monoisotopic (exact) mass is 283 g/mol. The first kappa shape index (κ1) is 17.4. The van der Waals surface area contributed by atoms with Gasteiger partial charge in [0.05, 0.1) is 0 Å². The normalized spacial score (nSPS) is 19.4. The first-order valence-electron chi connectivity index (χ1n) is 8.15. The van der Waals surface area contributed by atoms with Crippen LogP contribution in [-0.2, 0) is 4.79 Å². The van der Waals surface area contributed by atoms with Gasteiger partial charge in [0, 0.05) is 38.1 Å². The van der Waals surface area contributed by atoms with E-state index in [1.807, 2.05) is 4.90 Å². The molecule has 0 aromatic carbocycles. The summed E-state index contributed by atoms with van der Waals surface area (Å²) in [5, 5.41) is 0. The molecule has 1 heterocycles. The lowest BCUT2D eigenvalue weighted by Gasteiger charge is -2.35. The van der Waals surface area contributed by atoms with Gasteiger partial charge in [0.15, 0.2) is 0 Å². The molecule has 2 unspecified atom stereocenters. The van der Waals surface area contributed by atoms with Crippen LogP contribution in [0.2, 0.25) is 0 Å². The second-order valence-electron chi connectivity index (χ2n) is 6.68. The lowest BCUT2D eigenvalue weighted by Crippen LogP contribution is -2.47. The molecule has 1 amide bonds. The van der Waals surface area contributed by atoms with Gasteiger partial charge in [-0.3, -0.25) is 9.69 Å². The fourth-order valence-corrected chi connectivity index (χ4v) is 3.08. The summed E-state index contributed by atoms with van der Waals surface area (Å²) in [4.78, 5) is 16.7. The van der Waals surface area contributed by atoms with Crippen molar-refractivity contribution in [2.24, 2.45) is 11.7 Å². The molecule has 1 fully saturated rings. The van der Waals surface area contributed by atoms with E-state index in [-0.39, 0.29) is 11.9 Å². The van der Waals surface area contributed by atoms with Crippen LogP contribution in [0.15, 0.2) is 0 Å². The minimum atomic E-state index is 0.165. The predicted molar refractivity (Wildman–Crippen MR) is 84.6 cm³/mol. The second kappa shape index (κ2) is 8.63. The number of carbonyl (C=O) groups excluding carboxylic acids is 1. The largest absolute Gasteiger partial charge is 0.343 e. The van der Waals surface area contributed by atoms with Crippen LogP contribution in [0.5, 0.6) is 0 Å². The average molecular weight is 283 g/mol. The van der Waals surface area contributed by atoms with Crippen LogP contribution in [0.1, 0.15) is 52.9 Å². The molecule has 1 rings (SSSR count). The molecule has 2 N–H and O–H groups in total. The second-order valence-corrected chi connectivity index (χ2v) is 6.68. The average Bonchev–Trinajstić information content (AvgIpc) is 2.44. The van der Waals surface area contributed by atoms with Gasteiger partial charge in [0.1, 0.15) is 0 Å². The molecule has 0 aromatic rings. The fourth-order valence-electron chi connectivity index (χ4n) is 3.08. The number of likely N-dealkylation sites (N-methyl/N-ethyl adjacent to an activating group) is 1. The first-order chi connectivity index (χ1) is 9.45. The van der Waals surface area contributed by atoms with Gasteiger partial charge in [-0.2, -0.15) is 0 Å². The van der Waals surface area contributed by atoms with Crippen LogP contribution < -0.4 is 5.73 Å². The van der Waals surface area contributed by atoms with Crippen molar-refractivity contribution in [3.63, 3.8) is 0 Å². The zero-order chi connectivity index (χ0) is 15.1. The Bertz CT molecular complexity index is 287. The lowest BCUT2D eigenvalue weighted by molar-refractivity contribution is -0.133. The summed E-state index contributed by atoms with van der Waals surface area (Å²) in [5.74, 6) is 0.951. The van der Waals surface area contributed by atoms with Crippen molar-refractivity contribution in [1.82, 2.24) is 9.80 Å². The summed E-state index contributed by atoms with van der Waals surface area (Å²) in [5.41, 5.74) is 5.91. The number of nitrogens with zero attached hydrogens (tertiary/aromatic N) is 2. The van der Waals surface area contributed by atoms with Gasteiger partial charge in [-0.05, 0) is 45.6 Å². The molecule has 0 aliphatic carbocycles. The number of piperidine rings is 1. The van der Waals surface area contributed by atoms with E-state index in [1.54, 1.807) is 0 Å². The number of hydrogen-bond donors (Lipinski definition) is 1. The fraction of sp³-hybridized carbons (Fsp3) is 0.938. The van der Waals surface area contributed by atoms with Gasteiger partial charge in [-0.25, -0.2) is 0 Å². The molecule has 20 heavy (non-hydrogen) atoms. The maximum absolute atomic E-state index is 12.4. The number of amides is 1. The van der Waals surface area contributed by atoms with Crippen LogP contribution in [0, 0.1) is 5.92 Å². The molecular weight excluding hydrogens is 250 g/mol. The van der Waals surface area contributed by atoms with Crippen LogP contribution in [0.3, 0.4) is 0 Å². The van der Waals surface area contributed by atoms with E-state index < -0.39 is 0 Å². The number of rotatable bonds is 7. The number of likely N-dealkylation sites (tertiary alicyclic amines) is 1. The van der Waals surface area contributed by atoms with Gasteiger partial charge in [-0.1, -0.05) is 13.8 Å². The summed E-state index contributed by atoms with van der Waals surface area (Å²) >= 11 is 0. The third-order valence-electron chi connectivity index (χ3n) is 4.47. The van der Waals surface area contributed by atoms with Crippen LogP contribution >= 0.6 is 0 Å². The molecule has 4 nitrogen and oxygen atoms in total. The molecule has 0 spiro atoms. The Hall–Kier alpha value is -0.610. The van der Waals surface area contributed by atoms with E-state index in [9.17, 15) is 4.79 Å². The highest BCUT2D eigenvalue weighted by molar-refractivity contribution is 5.76. The van der Waals surface area contributed by atoms with Gasteiger partial charge in [0.25, 0.3) is 0 Å². The van der Waals surface area contributed by atoms with E-state index in [0.717, 1.165) is 32.4 Å². The highest BCUT2D eigenvalue weighted by Crippen LogP contribution is 2.16. The molecule has 0 aromatic heterocycles. The molecule has 4 heteroatoms. The lowest BCUT2D eigenvalue weighted by atomic mass is 10.0. The highest BCUT2D eigenvalue weighted by atomic mass is 16.2. The SMILES string of the molecule is CC(C)CC(C)N(C)C(CN)CC(=O)N1CCCCC1. The van der Waals surface area contributed by atoms with Crippen LogP contribution in [0.4, 0.5) is 0 Å². The number of hydrogen-bond acceptors (Lipinski definition) is 3. The van der Waals surface area contributed by atoms with E-state index in [4.69, 9.17) is 5.73 Å². The predicted octanol–water partition coefficient (Wildman–Crippen LogP) is 2.08. The van der Waals surface area contributed by atoms with Gasteiger partial charge >= 0.3 is 0 Å². The third-order valence-corrected chi connectivity index (χ3v) is 4.47. The number of carbonyl (C=O) groups is 1. The Labute approximate surface area is 124 Å². The smallest absolute Gasteiger partial charge is 0.224 e. The Morgan fingerprint density at radius 1 is 1.20 bits per heavy atom. The molecular formula is C16H33N3O. The van der Waals surface area contributed by atoms with E-state index in [1.165, 1.54) is 6.42 Å². The Morgan fingerprint density at radius 2 is 1.80 bits per heavy atom. The quantitative estimate of drug-likeness (QED) is 0.778. The van der Waals surface area contributed by atoms with Crippen molar-refractivity contribution in [1.29, 1.82) is 0 Å². The Balaban J connectivity index is 2.50. The zero-order valence-corrected chi connectivity index (χ0v) is 13.8. The molecule has 0 radical (unpaired) electrons. The van der Waals surface area contributed by atoms with Crippen molar-refractivity contribution in [3.05, 3.63) is 0 Å². The molecule has 1 saturated heterocycles. The van der Waals surface area contributed by atoms with Crippen molar-refractivity contribution < 1.29 is 4.79 Å². The summed E-state index contributed by atoms with van der Waals surface area (Å²) in [7, 11) is 2.11. The highest BCUT2D eigenvalue weighted by Gasteiger charge is 2.25. The van der Waals surface area contributed by atoms with Gasteiger partial charge in [0.2, 0.25) is 5.91 Å². The Kier molecular flexibility index (Phi) is 7.52. The zero-order valence-electron chi connectivity index (χ0n) is 13.8.